The molecule has 1 saturated carbocycles. The normalized spacial score (nSPS) is 31.2. The zero-order chi connectivity index (χ0) is 13.6. The largest absolute Gasteiger partial charge is 0.396 e. The highest BCUT2D eigenvalue weighted by Crippen LogP contribution is 2.37. The molecule has 0 bridgehead atoms. The number of aromatic nitrogens is 3. The molecule has 19 heavy (non-hydrogen) atoms. The van der Waals surface area contributed by atoms with Crippen LogP contribution in [0.2, 0.25) is 5.15 Å². The van der Waals surface area contributed by atoms with E-state index in [-0.39, 0.29) is 18.6 Å². The van der Waals surface area contributed by atoms with E-state index in [1.807, 2.05) is 0 Å². The van der Waals surface area contributed by atoms with Gasteiger partial charge in [0.1, 0.15) is 11.6 Å². The maximum Gasteiger partial charge on any atom is 0.156 e. The first kappa shape index (κ1) is 12.8. The van der Waals surface area contributed by atoms with Gasteiger partial charge in [0.15, 0.2) is 5.15 Å². The Hall–Kier alpha value is -1.21. The summed E-state index contributed by atoms with van der Waals surface area (Å²) >= 11 is 5.96. The summed E-state index contributed by atoms with van der Waals surface area (Å²) < 4.78 is 1.78. The minimum Gasteiger partial charge on any atom is -0.396 e. The number of hydrogen-bond acceptors (Lipinski definition) is 5. The molecule has 102 valence electrons. The number of pyridine rings is 1. The zero-order valence-electron chi connectivity index (χ0n) is 10.0. The number of halogens is 1. The van der Waals surface area contributed by atoms with Gasteiger partial charge < -0.3 is 19.9 Å². The molecule has 2 aromatic rings. The van der Waals surface area contributed by atoms with E-state index in [0.717, 1.165) is 5.52 Å². The Balaban J connectivity index is 2.04. The summed E-state index contributed by atoms with van der Waals surface area (Å²) in [5.41, 5.74) is 1.33. The molecule has 1 aliphatic carbocycles. The fraction of sp³-hybridized carbons (Fsp3) is 0.500. The Bertz CT molecular complexity index is 603. The van der Waals surface area contributed by atoms with Crippen molar-refractivity contribution in [2.24, 2.45) is 5.92 Å². The molecule has 7 heteroatoms. The third kappa shape index (κ3) is 1.92. The highest BCUT2D eigenvalue weighted by Gasteiger charge is 2.42. The van der Waals surface area contributed by atoms with Crippen molar-refractivity contribution in [1.29, 1.82) is 0 Å². The van der Waals surface area contributed by atoms with Crippen LogP contribution in [0.1, 0.15) is 12.5 Å². The van der Waals surface area contributed by atoms with Gasteiger partial charge in [-0.3, -0.25) is 0 Å². The van der Waals surface area contributed by atoms with E-state index in [1.165, 1.54) is 0 Å². The summed E-state index contributed by atoms with van der Waals surface area (Å²) in [6.45, 7) is -0.149. The van der Waals surface area contributed by atoms with Gasteiger partial charge in [0.2, 0.25) is 0 Å². The summed E-state index contributed by atoms with van der Waals surface area (Å²) in [5, 5.41) is 29.5. The molecule has 2 heterocycles. The van der Waals surface area contributed by atoms with E-state index in [2.05, 4.69) is 9.97 Å². The Labute approximate surface area is 114 Å². The molecule has 3 rings (SSSR count). The minimum absolute atomic E-state index is 0.149. The number of nitrogens with zero attached hydrogens (tertiary/aromatic N) is 3. The second kappa shape index (κ2) is 4.72. The number of fused-ring (bicyclic) bond motifs is 1. The predicted molar refractivity (Wildman–Crippen MR) is 68.8 cm³/mol. The van der Waals surface area contributed by atoms with Gasteiger partial charge in [-0.25, -0.2) is 9.97 Å². The molecule has 3 N–H and O–H groups in total. The van der Waals surface area contributed by atoms with Crippen molar-refractivity contribution in [2.45, 2.75) is 24.7 Å². The first-order chi connectivity index (χ1) is 9.13. The zero-order valence-corrected chi connectivity index (χ0v) is 10.8. The molecule has 2 aromatic heterocycles. The molecule has 1 aliphatic rings. The van der Waals surface area contributed by atoms with Crippen molar-refractivity contribution in [3.63, 3.8) is 0 Å². The standard InChI is InChI=1S/C12H14ClN3O3/c13-12-9-7(1-2-14-12)16(5-15-9)8-3-6(4-17)10(18)11(8)19/h1-2,5-6,8,10-11,17-19H,3-4H2/t6-,8-,10-,11+/m1/s1. The molecule has 0 radical (unpaired) electrons. The van der Waals surface area contributed by atoms with Crippen LogP contribution in [-0.2, 0) is 0 Å². The third-order valence-electron chi connectivity index (χ3n) is 3.81. The van der Waals surface area contributed by atoms with Crippen LogP contribution in [0, 0.1) is 5.92 Å². The predicted octanol–water partition coefficient (Wildman–Crippen LogP) is 0.360. The molecule has 6 nitrogen and oxygen atoms in total. The monoisotopic (exact) mass is 283 g/mol. The molecule has 0 saturated heterocycles. The van der Waals surface area contributed by atoms with Gasteiger partial charge in [0.05, 0.1) is 24.0 Å². The molecule has 0 spiro atoms. The highest BCUT2D eigenvalue weighted by molar-refractivity contribution is 6.33. The SMILES string of the molecule is OC[C@H]1C[C@@H](n2cnc3c(Cl)nccc32)[C@H](O)[C@@H]1O. The second-order valence-electron chi connectivity index (χ2n) is 4.85. The summed E-state index contributed by atoms with van der Waals surface area (Å²) in [6, 6.07) is 1.44. The van der Waals surface area contributed by atoms with Gasteiger partial charge in [-0.1, -0.05) is 11.6 Å². The Morgan fingerprint density at radius 3 is 2.79 bits per heavy atom. The van der Waals surface area contributed by atoms with E-state index in [4.69, 9.17) is 11.6 Å². The first-order valence-corrected chi connectivity index (χ1v) is 6.45. The van der Waals surface area contributed by atoms with Gasteiger partial charge in [-0.05, 0) is 12.5 Å². The van der Waals surface area contributed by atoms with Crippen molar-refractivity contribution in [3.05, 3.63) is 23.7 Å². The van der Waals surface area contributed by atoms with Crippen LogP contribution in [0.5, 0.6) is 0 Å². The van der Waals surface area contributed by atoms with Gasteiger partial charge in [0.25, 0.3) is 0 Å². The van der Waals surface area contributed by atoms with E-state index < -0.39 is 12.2 Å². The average molecular weight is 284 g/mol. The number of aliphatic hydroxyl groups is 3. The summed E-state index contributed by atoms with van der Waals surface area (Å²) in [6.07, 6.45) is 1.79. The van der Waals surface area contributed by atoms with E-state index in [9.17, 15) is 15.3 Å². The molecular weight excluding hydrogens is 270 g/mol. The van der Waals surface area contributed by atoms with Crippen LogP contribution in [0.15, 0.2) is 18.6 Å². The fourth-order valence-electron chi connectivity index (χ4n) is 2.75. The molecule has 4 atom stereocenters. The quantitative estimate of drug-likeness (QED) is 0.692. The Kier molecular flexibility index (Phi) is 3.18. The summed E-state index contributed by atoms with van der Waals surface area (Å²) in [4.78, 5) is 8.14. The average Bonchev–Trinajstić information content (AvgIpc) is 2.94. The van der Waals surface area contributed by atoms with Gasteiger partial charge in [-0.15, -0.1) is 0 Å². The number of imidazole rings is 1. The Morgan fingerprint density at radius 2 is 2.11 bits per heavy atom. The minimum atomic E-state index is -0.929. The maximum atomic E-state index is 10.1. The molecule has 0 unspecified atom stereocenters. The smallest absolute Gasteiger partial charge is 0.156 e. The van der Waals surface area contributed by atoms with Crippen molar-refractivity contribution in [1.82, 2.24) is 14.5 Å². The van der Waals surface area contributed by atoms with Crippen molar-refractivity contribution in [2.75, 3.05) is 6.61 Å². The molecule has 1 fully saturated rings. The summed E-state index contributed by atoms with van der Waals surface area (Å²) in [5.74, 6) is -0.324. The topological polar surface area (TPSA) is 91.4 Å². The van der Waals surface area contributed by atoms with Crippen LogP contribution in [0.3, 0.4) is 0 Å². The van der Waals surface area contributed by atoms with Crippen LogP contribution < -0.4 is 0 Å². The van der Waals surface area contributed by atoms with Gasteiger partial charge in [0, 0.05) is 18.7 Å². The number of aliphatic hydroxyl groups excluding tert-OH is 3. The number of rotatable bonds is 2. The fourth-order valence-corrected chi connectivity index (χ4v) is 2.95. The highest BCUT2D eigenvalue weighted by atomic mass is 35.5. The van der Waals surface area contributed by atoms with Crippen molar-refractivity contribution >= 4 is 22.6 Å². The molecular formula is C12H14ClN3O3. The van der Waals surface area contributed by atoms with E-state index in [0.29, 0.717) is 17.1 Å². The second-order valence-corrected chi connectivity index (χ2v) is 5.21. The first-order valence-electron chi connectivity index (χ1n) is 6.07. The van der Waals surface area contributed by atoms with Gasteiger partial charge in [-0.2, -0.15) is 0 Å². The molecule has 0 amide bonds. The lowest BCUT2D eigenvalue weighted by molar-refractivity contribution is -0.00365. The van der Waals surface area contributed by atoms with E-state index in [1.54, 1.807) is 23.2 Å². The number of hydrogen-bond donors (Lipinski definition) is 3. The molecule has 0 aliphatic heterocycles. The van der Waals surface area contributed by atoms with Crippen molar-refractivity contribution < 1.29 is 15.3 Å². The van der Waals surface area contributed by atoms with Crippen molar-refractivity contribution in [3.8, 4) is 0 Å². The lowest BCUT2D eigenvalue weighted by atomic mass is 10.1. The lowest BCUT2D eigenvalue weighted by Crippen LogP contribution is -2.30. The van der Waals surface area contributed by atoms with E-state index >= 15 is 0 Å². The maximum absolute atomic E-state index is 10.1. The van der Waals surface area contributed by atoms with Crippen LogP contribution in [-0.4, -0.2) is 48.7 Å². The van der Waals surface area contributed by atoms with Crippen LogP contribution in [0.4, 0.5) is 0 Å². The van der Waals surface area contributed by atoms with Gasteiger partial charge >= 0.3 is 0 Å². The van der Waals surface area contributed by atoms with Crippen LogP contribution >= 0.6 is 11.6 Å². The Morgan fingerprint density at radius 1 is 1.32 bits per heavy atom. The van der Waals surface area contributed by atoms with Crippen LogP contribution in [0.25, 0.3) is 11.0 Å². The summed E-state index contributed by atoms with van der Waals surface area (Å²) in [7, 11) is 0. The molecule has 0 aromatic carbocycles. The lowest BCUT2D eigenvalue weighted by Gasteiger charge is -2.18. The third-order valence-corrected chi connectivity index (χ3v) is 4.09.